The van der Waals surface area contributed by atoms with E-state index in [-0.39, 0.29) is 13.5 Å². The second-order valence-corrected chi connectivity index (χ2v) is 4.64. The van der Waals surface area contributed by atoms with Crippen LogP contribution in [0.3, 0.4) is 0 Å². The summed E-state index contributed by atoms with van der Waals surface area (Å²) in [5.41, 5.74) is 0. The molecule has 2 heteroatoms. The fraction of sp³-hybridized carbons (Fsp3) is 0.900. The summed E-state index contributed by atoms with van der Waals surface area (Å²) >= 11 is 0. The molecule has 0 aromatic carbocycles. The van der Waals surface area contributed by atoms with Crippen molar-refractivity contribution >= 4 is 0 Å². The summed E-state index contributed by atoms with van der Waals surface area (Å²) in [6.45, 7) is 0. The van der Waals surface area contributed by atoms with Crippen molar-refractivity contribution in [2.24, 2.45) is 0 Å². The van der Waals surface area contributed by atoms with Gasteiger partial charge in [0.2, 0.25) is 0 Å². The van der Waals surface area contributed by atoms with Gasteiger partial charge in [0, 0.05) is 25.7 Å². The minimum absolute atomic E-state index is 0. The highest BCUT2D eigenvalue weighted by atomic mass is 16.3. The third-order valence-electron chi connectivity index (χ3n) is 3.80. The summed E-state index contributed by atoms with van der Waals surface area (Å²) < 4.78 is 1.16. The van der Waals surface area contributed by atoms with Gasteiger partial charge in [-0.05, 0) is 0 Å². The summed E-state index contributed by atoms with van der Waals surface area (Å²) in [6.07, 6.45) is 4.72. The number of hydrogen-bond acceptors (Lipinski definition) is 1. The van der Waals surface area contributed by atoms with Crippen molar-refractivity contribution in [2.45, 2.75) is 43.9 Å². The second-order valence-electron chi connectivity index (χ2n) is 4.64. The fourth-order valence-electron chi connectivity index (χ4n) is 2.85. The van der Waals surface area contributed by atoms with Crippen LogP contribution in [0.4, 0.5) is 0 Å². The molecule has 2 nitrogen and oxygen atoms in total. The van der Waals surface area contributed by atoms with Crippen LogP contribution in [0, 0.1) is 7.43 Å². The number of piperidine rings is 1. The number of hydrogen-bond donors (Lipinski definition) is 1. The molecule has 2 aliphatic heterocycles. The predicted octanol–water partition coefficient (Wildman–Crippen LogP) is 1.20. The maximum atomic E-state index is 9.51. The molecule has 2 unspecified atom stereocenters. The molecule has 0 spiro atoms. The Balaban J connectivity index is 0.000000720. The predicted molar refractivity (Wildman–Crippen MR) is 50.6 cm³/mol. The molecule has 0 saturated carbocycles. The fourth-order valence-corrected chi connectivity index (χ4v) is 2.85. The number of nitrogens with zero attached hydrogens (tertiary/aromatic N) is 1. The van der Waals surface area contributed by atoms with Crippen LogP contribution in [0.1, 0.15) is 25.7 Å². The van der Waals surface area contributed by atoms with Gasteiger partial charge in [-0.1, -0.05) is 0 Å². The van der Waals surface area contributed by atoms with Gasteiger partial charge in [0.1, 0.15) is 0 Å². The molecule has 2 fully saturated rings. The quantitative estimate of drug-likeness (QED) is 0.429. The molecule has 2 aliphatic rings. The lowest BCUT2D eigenvalue weighted by Gasteiger charge is -2.42. The molecular weight excluding hydrogens is 150 g/mol. The van der Waals surface area contributed by atoms with E-state index in [0.717, 1.165) is 29.4 Å². The molecule has 72 valence electrons. The zero-order valence-corrected chi connectivity index (χ0v) is 8.45. The molecule has 2 heterocycles. The molecule has 0 aromatic rings. The SMILES string of the molecule is C[N+]1(C)C2CCC1CC(O)C2.[CH3-]. The minimum Gasteiger partial charge on any atom is -0.393 e. The lowest BCUT2D eigenvalue weighted by Crippen LogP contribution is -2.55. The van der Waals surface area contributed by atoms with Gasteiger partial charge in [0.15, 0.2) is 0 Å². The summed E-state index contributed by atoms with van der Waals surface area (Å²) in [4.78, 5) is 0. The maximum Gasteiger partial charge on any atom is 0.0915 e. The Bertz CT molecular complexity index is 151. The summed E-state index contributed by atoms with van der Waals surface area (Å²) in [5.74, 6) is 0. The standard InChI is InChI=1S/C9H18NO.CH3/c1-10(2)7-3-4-8(10)6-9(11)5-7;/h7-9,11H,3-6H2,1-2H3;1H3/q+1;-1. The molecule has 0 amide bonds. The highest BCUT2D eigenvalue weighted by Crippen LogP contribution is 2.39. The number of fused-ring (bicyclic) bond motifs is 2. The monoisotopic (exact) mass is 171 g/mol. The Kier molecular flexibility index (Phi) is 2.50. The van der Waals surface area contributed by atoms with Gasteiger partial charge < -0.3 is 17.0 Å². The van der Waals surface area contributed by atoms with Crippen molar-refractivity contribution in [3.8, 4) is 0 Å². The van der Waals surface area contributed by atoms with E-state index < -0.39 is 0 Å². The van der Waals surface area contributed by atoms with E-state index in [4.69, 9.17) is 0 Å². The lowest BCUT2D eigenvalue weighted by atomic mass is 9.98. The molecule has 2 atom stereocenters. The van der Waals surface area contributed by atoms with Crippen LogP contribution in [0.5, 0.6) is 0 Å². The van der Waals surface area contributed by atoms with Gasteiger partial charge in [-0.15, -0.1) is 0 Å². The van der Waals surface area contributed by atoms with Crippen LogP contribution >= 0.6 is 0 Å². The zero-order valence-electron chi connectivity index (χ0n) is 8.45. The molecule has 0 aromatic heterocycles. The van der Waals surface area contributed by atoms with Crippen LogP contribution in [-0.2, 0) is 0 Å². The largest absolute Gasteiger partial charge is 0.393 e. The minimum atomic E-state index is -0.00125. The summed E-state index contributed by atoms with van der Waals surface area (Å²) in [6, 6.07) is 1.48. The van der Waals surface area contributed by atoms with Crippen LogP contribution in [-0.4, -0.2) is 41.9 Å². The van der Waals surface area contributed by atoms with Crippen LogP contribution < -0.4 is 0 Å². The van der Waals surface area contributed by atoms with Crippen molar-refractivity contribution in [1.29, 1.82) is 0 Å². The normalized spacial score (nSPS) is 43.8. The van der Waals surface area contributed by atoms with E-state index in [0.29, 0.717) is 0 Å². The van der Waals surface area contributed by atoms with Gasteiger partial charge in [-0.25, -0.2) is 0 Å². The molecule has 2 rings (SSSR count). The topological polar surface area (TPSA) is 20.2 Å². The smallest absolute Gasteiger partial charge is 0.0915 e. The van der Waals surface area contributed by atoms with Gasteiger partial charge in [0.25, 0.3) is 0 Å². The Labute approximate surface area is 75.8 Å². The number of aliphatic hydroxyl groups excluding tert-OH is 1. The van der Waals surface area contributed by atoms with Crippen LogP contribution in [0.15, 0.2) is 0 Å². The first-order chi connectivity index (χ1) is 5.10. The van der Waals surface area contributed by atoms with Crippen molar-refractivity contribution in [3.05, 3.63) is 7.43 Å². The molecule has 1 N–H and O–H groups in total. The van der Waals surface area contributed by atoms with Crippen LogP contribution in [0.25, 0.3) is 0 Å². The van der Waals surface area contributed by atoms with Gasteiger partial charge >= 0.3 is 0 Å². The van der Waals surface area contributed by atoms with E-state index in [1.807, 2.05) is 0 Å². The third-order valence-corrected chi connectivity index (χ3v) is 3.80. The Hall–Kier alpha value is -0.0800. The molecule has 0 radical (unpaired) electrons. The first-order valence-corrected chi connectivity index (χ1v) is 4.62. The third kappa shape index (κ3) is 1.27. The van der Waals surface area contributed by atoms with E-state index >= 15 is 0 Å². The van der Waals surface area contributed by atoms with Crippen molar-refractivity contribution in [2.75, 3.05) is 14.1 Å². The average molecular weight is 171 g/mol. The molecule has 2 bridgehead atoms. The molecule has 12 heavy (non-hydrogen) atoms. The van der Waals surface area contributed by atoms with Crippen LogP contribution in [0.2, 0.25) is 0 Å². The lowest BCUT2D eigenvalue weighted by molar-refractivity contribution is -0.931. The molecule has 2 saturated heterocycles. The molecule has 0 aliphatic carbocycles. The first-order valence-electron chi connectivity index (χ1n) is 4.62. The van der Waals surface area contributed by atoms with E-state index in [2.05, 4.69) is 14.1 Å². The first kappa shape index (κ1) is 10.0. The number of aliphatic hydroxyl groups is 1. The Morgan fingerprint density at radius 3 is 1.92 bits per heavy atom. The summed E-state index contributed by atoms with van der Waals surface area (Å²) in [5, 5.41) is 9.51. The highest BCUT2D eigenvalue weighted by Gasteiger charge is 2.48. The van der Waals surface area contributed by atoms with Gasteiger partial charge in [-0.2, -0.15) is 0 Å². The second kappa shape index (κ2) is 3.00. The Morgan fingerprint density at radius 1 is 1.08 bits per heavy atom. The van der Waals surface area contributed by atoms with E-state index in [1.54, 1.807) is 0 Å². The zero-order chi connectivity index (χ0) is 8.06. The van der Waals surface area contributed by atoms with E-state index in [9.17, 15) is 5.11 Å². The molecular formula is C10H21NO. The highest BCUT2D eigenvalue weighted by molar-refractivity contribution is 4.84. The van der Waals surface area contributed by atoms with Crippen molar-refractivity contribution in [1.82, 2.24) is 0 Å². The Morgan fingerprint density at radius 2 is 1.50 bits per heavy atom. The number of rotatable bonds is 0. The van der Waals surface area contributed by atoms with Crippen molar-refractivity contribution in [3.63, 3.8) is 0 Å². The number of quaternary nitrogens is 1. The van der Waals surface area contributed by atoms with Gasteiger partial charge in [-0.3, -0.25) is 0 Å². The maximum absolute atomic E-state index is 9.51. The van der Waals surface area contributed by atoms with E-state index in [1.165, 1.54) is 12.8 Å². The average Bonchev–Trinajstić information content (AvgIpc) is 2.19. The van der Waals surface area contributed by atoms with Crippen molar-refractivity contribution < 1.29 is 9.59 Å². The van der Waals surface area contributed by atoms with Gasteiger partial charge in [0.05, 0.1) is 32.3 Å². The summed E-state index contributed by atoms with van der Waals surface area (Å²) in [7, 11) is 4.63.